The molecule has 0 fully saturated rings. The number of hydrogen-bond acceptors (Lipinski definition) is 8. The quantitative estimate of drug-likeness (QED) is 0.329. The predicted octanol–water partition coefficient (Wildman–Crippen LogP) is 3.85. The molecule has 2 heterocycles. The minimum absolute atomic E-state index is 0.0525. The summed E-state index contributed by atoms with van der Waals surface area (Å²) < 4.78 is 6.90. The molecule has 29 heavy (non-hydrogen) atoms. The fourth-order valence-electron chi connectivity index (χ4n) is 2.53. The molecule has 0 atom stereocenters. The first-order valence-electron chi connectivity index (χ1n) is 8.37. The number of Topliss-reactive ketones (excluding diaryl/α,β-unsaturated/α-hetero) is 1. The Morgan fingerprint density at radius 2 is 1.86 bits per heavy atom. The second-order valence-electron chi connectivity index (χ2n) is 5.86. The molecule has 4 aromatic rings. The van der Waals surface area contributed by atoms with Crippen molar-refractivity contribution in [1.82, 2.24) is 19.8 Å². The molecule has 0 amide bonds. The van der Waals surface area contributed by atoms with Gasteiger partial charge in [-0.15, -0.1) is 15.3 Å². The molecule has 2 aromatic heterocycles. The summed E-state index contributed by atoms with van der Waals surface area (Å²) in [5.41, 5.74) is 1.02. The first-order chi connectivity index (χ1) is 14.0. The predicted molar refractivity (Wildman–Crippen MR) is 113 cm³/mol. The van der Waals surface area contributed by atoms with Crippen molar-refractivity contribution >= 4 is 45.4 Å². The van der Waals surface area contributed by atoms with Crippen LogP contribution >= 0.6 is 34.7 Å². The van der Waals surface area contributed by atoms with Gasteiger partial charge >= 0.3 is 5.56 Å². The number of halogens is 1. The molecular weight excluding hydrogens is 432 g/mol. The van der Waals surface area contributed by atoms with Gasteiger partial charge in [-0.05, 0) is 48.5 Å². The maximum Gasteiger partial charge on any atom is 0.302 e. The molecule has 4 rings (SSSR count). The second kappa shape index (κ2) is 8.32. The van der Waals surface area contributed by atoms with Crippen LogP contribution in [0.15, 0.2) is 57.7 Å². The highest BCUT2D eigenvalue weighted by Crippen LogP contribution is 2.25. The molecule has 0 bridgehead atoms. The van der Waals surface area contributed by atoms with Gasteiger partial charge in [0.1, 0.15) is 5.75 Å². The van der Waals surface area contributed by atoms with Crippen LogP contribution in [0.5, 0.6) is 5.75 Å². The topological polar surface area (TPSA) is 86.4 Å². The van der Waals surface area contributed by atoms with Crippen molar-refractivity contribution in [3.63, 3.8) is 0 Å². The molecule has 0 aliphatic heterocycles. The van der Waals surface area contributed by atoms with Crippen molar-refractivity contribution in [3.8, 4) is 17.0 Å². The summed E-state index contributed by atoms with van der Waals surface area (Å²) in [4.78, 5) is 25.5. The standard InChI is InChI=1S/C19H13ClN4O3S2/c1-27-14-8-4-12(5-9-14)16-17(26)24-18(22-21-16)29-19(23-24)28-10-15(25)11-2-6-13(20)7-3-11/h2-9H,10H2,1H3. The normalized spacial score (nSPS) is 11.0. The zero-order chi connectivity index (χ0) is 20.4. The van der Waals surface area contributed by atoms with Gasteiger partial charge in [0.2, 0.25) is 4.96 Å². The minimum atomic E-state index is -0.368. The van der Waals surface area contributed by atoms with Gasteiger partial charge in [0.25, 0.3) is 0 Å². The van der Waals surface area contributed by atoms with Gasteiger partial charge in [0, 0.05) is 16.1 Å². The Balaban J connectivity index is 1.56. The summed E-state index contributed by atoms with van der Waals surface area (Å²) in [6, 6.07) is 13.7. The van der Waals surface area contributed by atoms with Gasteiger partial charge < -0.3 is 4.74 Å². The SMILES string of the molecule is COc1ccc(-c2nnc3sc(SCC(=O)c4ccc(Cl)cc4)nn3c2=O)cc1. The first kappa shape index (κ1) is 19.6. The minimum Gasteiger partial charge on any atom is -0.497 e. The van der Waals surface area contributed by atoms with E-state index in [1.54, 1.807) is 55.6 Å². The number of hydrogen-bond donors (Lipinski definition) is 0. The van der Waals surface area contributed by atoms with Gasteiger partial charge in [-0.2, -0.15) is 4.52 Å². The van der Waals surface area contributed by atoms with Crippen LogP contribution in [-0.4, -0.2) is 38.5 Å². The number of methoxy groups -OCH3 is 1. The molecule has 2 aromatic carbocycles. The molecule has 0 aliphatic carbocycles. The van der Waals surface area contributed by atoms with E-state index in [0.717, 1.165) is 0 Å². The van der Waals surface area contributed by atoms with Crippen molar-refractivity contribution in [2.24, 2.45) is 0 Å². The zero-order valence-corrected chi connectivity index (χ0v) is 17.4. The maximum atomic E-state index is 12.8. The summed E-state index contributed by atoms with van der Waals surface area (Å²) in [7, 11) is 1.57. The third-order valence-corrected chi connectivity index (χ3v) is 6.31. The highest BCUT2D eigenvalue weighted by atomic mass is 35.5. The smallest absolute Gasteiger partial charge is 0.302 e. The van der Waals surface area contributed by atoms with Gasteiger partial charge in [0.15, 0.2) is 15.8 Å². The summed E-state index contributed by atoms with van der Waals surface area (Å²) in [6.07, 6.45) is 0. The fraction of sp³-hybridized carbons (Fsp3) is 0.105. The van der Waals surface area contributed by atoms with Crippen molar-refractivity contribution in [3.05, 3.63) is 69.5 Å². The number of ether oxygens (including phenoxy) is 1. The number of aromatic nitrogens is 4. The van der Waals surface area contributed by atoms with Gasteiger partial charge in [-0.25, -0.2) is 0 Å². The van der Waals surface area contributed by atoms with Crippen LogP contribution in [0.4, 0.5) is 0 Å². The Morgan fingerprint density at radius 1 is 1.14 bits per heavy atom. The average molecular weight is 445 g/mol. The Bertz CT molecular complexity index is 1240. The van der Waals surface area contributed by atoms with Gasteiger partial charge in [-0.3, -0.25) is 9.59 Å². The number of benzene rings is 2. The van der Waals surface area contributed by atoms with E-state index in [2.05, 4.69) is 15.3 Å². The lowest BCUT2D eigenvalue weighted by molar-refractivity contribution is 0.102. The van der Waals surface area contributed by atoms with Crippen LogP contribution in [0.2, 0.25) is 5.02 Å². The Kier molecular flexibility index (Phi) is 5.61. The van der Waals surface area contributed by atoms with E-state index < -0.39 is 0 Å². The molecule has 10 heteroatoms. The average Bonchev–Trinajstić information content (AvgIpc) is 3.17. The number of carbonyl (C=O) groups excluding carboxylic acids is 1. The van der Waals surface area contributed by atoms with Crippen molar-refractivity contribution in [2.45, 2.75) is 4.34 Å². The van der Waals surface area contributed by atoms with E-state index in [0.29, 0.717) is 31.2 Å². The molecule has 0 saturated carbocycles. The molecular formula is C19H13ClN4O3S2. The second-order valence-corrected chi connectivity index (χ2v) is 8.48. The maximum absolute atomic E-state index is 12.8. The van der Waals surface area contributed by atoms with E-state index in [9.17, 15) is 9.59 Å². The van der Waals surface area contributed by atoms with E-state index in [1.807, 2.05) is 0 Å². The number of fused-ring (bicyclic) bond motifs is 1. The number of rotatable bonds is 6. The molecule has 0 unspecified atom stereocenters. The Morgan fingerprint density at radius 3 is 2.55 bits per heavy atom. The van der Waals surface area contributed by atoms with Crippen molar-refractivity contribution in [2.75, 3.05) is 12.9 Å². The molecule has 7 nitrogen and oxygen atoms in total. The van der Waals surface area contributed by atoms with Crippen LogP contribution in [-0.2, 0) is 0 Å². The van der Waals surface area contributed by atoms with Crippen molar-refractivity contribution in [1.29, 1.82) is 0 Å². The van der Waals surface area contributed by atoms with Crippen LogP contribution in [0, 0.1) is 0 Å². The molecule has 146 valence electrons. The molecule has 0 radical (unpaired) electrons. The highest BCUT2D eigenvalue weighted by Gasteiger charge is 2.15. The number of carbonyl (C=O) groups is 1. The van der Waals surface area contributed by atoms with E-state index in [-0.39, 0.29) is 22.8 Å². The van der Waals surface area contributed by atoms with Crippen LogP contribution in [0.3, 0.4) is 0 Å². The van der Waals surface area contributed by atoms with Crippen molar-refractivity contribution < 1.29 is 9.53 Å². The van der Waals surface area contributed by atoms with Gasteiger partial charge in [-0.1, -0.05) is 34.7 Å². The Labute approximate surface area is 178 Å². The summed E-state index contributed by atoms with van der Waals surface area (Å²) in [5.74, 6) is 0.818. The Hall–Kier alpha value is -2.75. The lowest BCUT2D eigenvalue weighted by atomic mass is 10.1. The number of thioether (sulfide) groups is 1. The third kappa shape index (κ3) is 4.16. The van der Waals surface area contributed by atoms with Crippen LogP contribution in [0.25, 0.3) is 16.2 Å². The molecule has 0 aliphatic rings. The van der Waals surface area contributed by atoms with E-state index in [4.69, 9.17) is 16.3 Å². The summed E-state index contributed by atoms with van der Waals surface area (Å²) in [5, 5.41) is 13.0. The summed E-state index contributed by atoms with van der Waals surface area (Å²) >= 11 is 8.30. The van der Waals surface area contributed by atoms with Gasteiger partial charge in [0.05, 0.1) is 12.9 Å². The third-order valence-electron chi connectivity index (χ3n) is 4.03. The first-order valence-corrected chi connectivity index (χ1v) is 10.6. The van der Waals surface area contributed by atoms with Crippen LogP contribution in [0.1, 0.15) is 10.4 Å². The monoisotopic (exact) mass is 444 g/mol. The molecule has 0 spiro atoms. The van der Waals surface area contributed by atoms with E-state index in [1.165, 1.54) is 27.6 Å². The lowest BCUT2D eigenvalue weighted by Crippen LogP contribution is -2.19. The lowest BCUT2D eigenvalue weighted by Gasteiger charge is -2.01. The fourth-order valence-corrected chi connectivity index (χ4v) is 4.43. The number of nitrogens with zero attached hydrogens (tertiary/aromatic N) is 4. The van der Waals surface area contributed by atoms with E-state index >= 15 is 0 Å². The molecule has 0 N–H and O–H groups in total. The largest absolute Gasteiger partial charge is 0.497 e. The summed E-state index contributed by atoms with van der Waals surface area (Å²) in [6.45, 7) is 0. The number of ketones is 1. The van der Waals surface area contributed by atoms with Crippen LogP contribution < -0.4 is 10.3 Å². The highest BCUT2D eigenvalue weighted by molar-refractivity contribution is 8.01. The zero-order valence-electron chi connectivity index (χ0n) is 15.0. The molecule has 0 saturated heterocycles.